The van der Waals surface area contributed by atoms with E-state index in [1.807, 2.05) is 12.1 Å². The van der Waals surface area contributed by atoms with Crippen LogP contribution in [0.3, 0.4) is 0 Å². The summed E-state index contributed by atoms with van der Waals surface area (Å²) in [4.78, 5) is 16.1. The van der Waals surface area contributed by atoms with Crippen molar-refractivity contribution in [2.45, 2.75) is 10.6 Å². The summed E-state index contributed by atoms with van der Waals surface area (Å²) in [6.45, 7) is 0. The zero-order chi connectivity index (χ0) is 17.6. The van der Waals surface area contributed by atoms with Crippen LogP contribution in [0.2, 0.25) is 0 Å². The lowest BCUT2D eigenvalue weighted by atomic mass is 10.3. The number of rotatable bonds is 7. The van der Waals surface area contributed by atoms with Crippen molar-refractivity contribution < 1.29 is 13.2 Å². The number of hydrogen-bond donors (Lipinski definition) is 1. The first-order valence-electron chi connectivity index (χ1n) is 7.18. The first kappa shape index (κ1) is 18.4. The summed E-state index contributed by atoms with van der Waals surface area (Å²) in [5, 5.41) is 2.75. The Bertz CT molecular complexity index is 776. The van der Waals surface area contributed by atoms with E-state index in [0.29, 0.717) is 17.2 Å². The van der Waals surface area contributed by atoms with E-state index in [1.54, 1.807) is 24.5 Å². The maximum absolute atomic E-state index is 12.0. The summed E-state index contributed by atoms with van der Waals surface area (Å²) < 4.78 is 25.1. The first-order valence-corrected chi connectivity index (χ1v) is 9.78. The summed E-state index contributed by atoms with van der Waals surface area (Å²) in [6, 6.07) is 9.95. The van der Waals surface area contributed by atoms with Gasteiger partial charge < -0.3 is 5.32 Å². The highest BCUT2D eigenvalue weighted by atomic mass is 32.2. The van der Waals surface area contributed by atoms with Crippen molar-refractivity contribution in [3.63, 3.8) is 0 Å². The van der Waals surface area contributed by atoms with Gasteiger partial charge in [0.1, 0.15) is 0 Å². The van der Waals surface area contributed by atoms with Gasteiger partial charge in [-0.3, -0.25) is 9.78 Å². The molecule has 0 saturated carbocycles. The lowest BCUT2D eigenvalue weighted by molar-refractivity contribution is -0.113. The van der Waals surface area contributed by atoms with Crippen molar-refractivity contribution in [1.82, 2.24) is 9.29 Å². The Morgan fingerprint density at radius 1 is 1.21 bits per heavy atom. The minimum atomic E-state index is -3.46. The fourth-order valence-corrected chi connectivity index (χ4v) is 3.53. The second kappa shape index (κ2) is 8.27. The number of sulfonamides is 1. The fourth-order valence-electron chi connectivity index (χ4n) is 1.86. The fraction of sp³-hybridized carbons (Fsp3) is 0.250. The van der Waals surface area contributed by atoms with Gasteiger partial charge in [-0.05, 0) is 35.9 Å². The van der Waals surface area contributed by atoms with Gasteiger partial charge in [-0.1, -0.05) is 6.07 Å². The second-order valence-electron chi connectivity index (χ2n) is 5.21. The Morgan fingerprint density at radius 3 is 2.50 bits per heavy atom. The van der Waals surface area contributed by atoms with Gasteiger partial charge in [0.2, 0.25) is 15.9 Å². The molecular weight excluding hydrogens is 346 g/mol. The summed E-state index contributed by atoms with van der Waals surface area (Å²) >= 11 is 1.49. The Kier molecular flexibility index (Phi) is 6.36. The molecule has 1 amide bonds. The van der Waals surface area contributed by atoms with Gasteiger partial charge in [0, 0.05) is 37.9 Å². The van der Waals surface area contributed by atoms with Crippen LogP contribution in [0.1, 0.15) is 5.56 Å². The number of carbonyl (C=O) groups excluding carboxylic acids is 1. The summed E-state index contributed by atoms with van der Waals surface area (Å²) in [5.41, 5.74) is 1.63. The molecule has 0 aliphatic rings. The SMILES string of the molecule is CN(C)S(=O)(=O)c1ccc(NC(=O)CSCc2cccnc2)cc1. The number of hydrogen-bond acceptors (Lipinski definition) is 5. The van der Waals surface area contributed by atoms with E-state index >= 15 is 0 Å². The van der Waals surface area contributed by atoms with Gasteiger partial charge >= 0.3 is 0 Å². The molecule has 24 heavy (non-hydrogen) atoms. The van der Waals surface area contributed by atoms with Crippen LogP contribution in [0.4, 0.5) is 5.69 Å². The quantitative estimate of drug-likeness (QED) is 0.814. The minimum Gasteiger partial charge on any atom is -0.325 e. The molecule has 1 aromatic heterocycles. The van der Waals surface area contributed by atoms with Crippen LogP contribution in [0.25, 0.3) is 0 Å². The number of carbonyl (C=O) groups is 1. The molecule has 6 nitrogen and oxygen atoms in total. The molecule has 2 aromatic rings. The highest BCUT2D eigenvalue weighted by molar-refractivity contribution is 7.99. The number of benzene rings is 1. The van der Waals surface area contributed by atoms with Gasteiger partial charge in [0.05, 0.1) is 10.6 Å². The van der Waals surface area contributed by atoms with E-state index in [-0.39, 0.29) is 10.8 Å². The third kappa shape index (κ3) is 5.05. The maximum Gasteiger partial charge on any atom is 0.242 e. The van der Waals surface area contributed by atoms with Crippen molar-refractivity contribution in [1.29, 1.82) is 0 Å². The van der Waals surface area contributed by atoms with Crippen LogP contribution in [0.15, 0.2) is 53.7 Å². The maximum atomic E-state index is 12.0. The highest BCUT2D eigenvalue weighted by Crippen LogP contribution is 2.17. The predicted octanol–water partition coefficient (Wildman–Crippen LogP) is 2.20. The Hall–Kier alpha value is -1.90. The number of anilines is 1. The molecule has 0 fully saturated rings. The normalized spacial score (nSPS) is 11.5. The predicted molar refractivity (Wildman–Crippen MR) is 96.3 cm³/mol. The number of pyridine rings is 1. The molecule has 1 N–H and O–H groups in total. The van der Waals surface area contributed by atoms with Gasteiger partial charge in [-0.15, -0.1) is 11.8 Å². The van der Waals surface area contributed by atoms with Crippen LogP contribution >= 0.6 is 11.8 Å². The molecule has 1 aromatic carbocycles. The van der Waals surface area contributed by atoms with Crippen LogP contribution < -0.4 is 5.32 Å². The molecule has 0 saturated heterocycles. The third-order valence-electron chi connectivity index (χ3n) is 3.14. The largest absolute Gasteiger partial charge is 0.325 e. The molecule has 0 spiro atoms. The Morgan fingerprint density at radius 2 is 1.92 bits per heavy atom. The van der Waals surface area contributed by atoms with E-state index in [2.05, 4.69) is 10.3 Å². The van der Waals surface area contributed by atoms with Crippen molar-refractivity contribution in [3.05, 3.63) is 54.4 Å². The number of thioether (sulfide) groups is 1. The highest BCUT2D eigenvalue weighted by Gasteiger charge is 2.16. The first-order chi connectivity index (χ1) is 11.4. The zero-order valence-electron chi connectivity index (χ0n) is 13.5. The molecule has 0 atom stereocenters. The molecular formula is C16H19N3O3S2. The number of nitrogens with one attached hydrogen (secondary N) is 1. The Labute approximate surface area is 146 Å². The smallest absolute Gasteiger partial charge is 0.242 e. The van der Waals surface area contributed by atoms with Gasteiger partial charge in [0.15, 0.2) is 0 Å². The van der Waals surface area contributed by atoms with E-state index in [1.165, 1.54) is 38.0 Å². The number of aromatic nitrogens is 1. The monoisotopic (exact) mass is 365 g/mol. The van der Waals surface area contributed by atoms with E-state index in [0.717, 1.165) is 9.87 Å². The van der Waals surface area contributed by atoms with Crippen LogP contribution in [-0.2, 0) is 20.6 Å². The molecule has 0 aliphatic heterocycles. The average molecular weight is 365 g/mol. The van der Waals surface area contributed by atoms with E-state index < -0.39 is 10.0 Å². The zero-order valence-corrected chi connectivity index (χ0v) is 15.1. The third-order valence-corrected chi connectivity index (χ3v) is 5.97. The van der Waals surface area contributed by atoms with Gasteiger partial charge in [-0.25, -0.2) is 12.7 Å². The van der Waals surface area contributed by atoms with Crippen LogP contribution in [0.5, 0.6) is 0 Å². The topological polar surface area (TPSA) is 79.4 Å². The average Bonchev–Trinajstić information content (AvgIpc) is 2.56. The molecule has 0 bridgehead atoms. The molecule has 2 rings (SSSR count). The second-order valence-corrected chi connectivity index (χ2v) is 8.35. The standard InChI is InChI=1S/C16H19N3O3S2/c1-19(2)24(21,22)15-7-5-14(6-8-15)18-16(20)12-23-11-13-4-3-9-17-10-13/h3-10H,11-12H2,1-2H3,(H,18,20). The van der Waals surface area contributed by atoms with Gasteiger partial charge in [0.25, 0.3) is 0 Å². The van der Waals surface area contributed by atoms with Crippen LogP contribution in [0, 0.1) is 0 Å². The lowest BCUT2D eigenvalue weighted by Crippen LogP contribution is -2.22. The van der Waals surface area contributed by atoms with Crippen LogP contribution in [-0.4, -0.2) is 43.5 Å². The summed E-state index contributed by atoms with van der Waals surface area (Å²) in [6.07, 6.45) is 3.48. The molecule has 8 heteroatoms. The van der Waals surface area contributed by atoms with Crippen molar-refractivity contribution >= 4 is 33.4 Å². The molecule has 0 aliphatic carbocycles. The van der Waals surface area contributed by atoms with Crippen molar-refractivity contribution in [2.24, 2.45) is 0 Å². The van der Waals surface area contributed by atoms with E-state index in [4.69, 9.17) is 0 Å². The summed E-state index contributed by atoms with van der Waals surface area (Å²) in [7, 11) is -0.503. The number of amides is 1. The minimum absolute atomic E-state index is 0.132. The van der Waals surface area contributed by atoms with Crippen molar-refractivity contribution in [3.8, 4) is 0 Å². The van der Waals surface area contributed by atoms with Crippen molar-refractivity contribution in [2.75, 3.05) is 25.2 Å². The Balaban J connectivity index is 1.86. The molecule has 1 heterocycles. The molecule has 128 valence electrons. The van der Waals surface area contributed by atoms with E-state index in [9.17, 15) is 13.2 Å². The number of nitrogens with zero attached hydrogens (tertiary/aromatic N) is 2. The lowest BCUT2D eigenvalue weighted by Gasteiger charge is -2.12. The summed E-state index contributed by atoms with van der Waals surface area (Å²) in [5.74, 6) is 0.889. The molecule has 0 unspecified atom stereocenters. The molecule has 0 radical (unpaired) electrons. The van der Waals surface area contributed by atoms with Gasteiger partial charge in [-0.2, -0.15) is 0 Å².